The summed E-state index contributed by atoms with van der Waals surface area (Å²) in [6.07, 6.45) is 0. The Morgan fingerprint density at radius 2 is 2.00 bits per heavy atom. The molecule has 0 aliphatic heterocycles. The molecular formula is C16H12Cl2N2O2. The summed E-state index contributed by atoms with van der Waals surface area (Å²) in [6, 6.07) is 12.3. The van der Waals surface area contributed by atoms with E-state index in [9.17, 15) is 4.79 Å². The van der Waals surface area contributed by atoms with E-state index in [-0.39, 0.29) is 11.4 Å². The number of rotatable bonds is 3. The molecule has 6 heteroatoms. The van der Waals surface area contributed by atoms with E-state index in [4.69, 9.17) is 27.9 Å². The van der Waals surface area contributed by atoms with Gasteiger partial charge >= 0.3 is 0 Å². The molecule has 1 aromatic heterocycles. The van der Waals surface area contributed by atoms with Crippen LogP contribution in [0.15, 0.2) is 47.3 Å². The lowest BCUT2D eigenvalue weighted by molar-refractivity contribution is 0.414. The summed E-state index contributed by atoms with van der Waals surface area (Å²) >= 11 is 12.1. The minimum Gasteiger partial charge on any atom is -0.497 e. The number of methoxy groups -OCH3 is 1. The van der Waals surface area contributed by atoms with Crippen LogP contribution in [0.4, 0.5) is 0 Å². The van der Waals surface area contributed by atoms with E-state index in [0.717, 1.165) is 0 Å². The van der Waals surface area contributed by atoms with Crippen molar-refractivity contribution in [2.45, 2.75) is 5.88 Å². The number of nitrogens with zero attached hydrogens (tertiary/aromatic N) is 2. The fourth-order valence-corrected chi connectivity index (χ4v) is 2.77. The Morgan fingerprint density at radius 1 is 1.23 bits per heavy atom. The molecule has 112 valence electrons. The van der Waals surface area contributed by atoms with Crippen molar-refractivity contribution in [2.24, 2.45) is 0 Å². The number of halogens is 2. The molecule has 22 heavy (non-hydrogen) atoms. The van der Waals surface area contributed by atoms with Crippen LogP contribution < -0.4 is 10.3 Å². The molecule has 0 spiro atoms. The average Bonchev–Trinajstić information content (AvgIpc) is 2.54. The maximum atomic E-state index is 12.9. The molecule has 0 unspecified atom stereocenters. The maximum Gasteiger partial charge on any atom is 0.267 e. The molecule has 0 radical (unpaired) electrons. The topological polar surface area (TPSA) is 44.1 Å². The van der Waals surface area contributed by atoms with Gasteiger partial charge in [-0.1, -0.05) is 23.7 Å². The Morgan fingerprint density at radius 3 is 2.73 bits per heavy atom. The van der Waals surface area contributed by atoms with Gasteiger partial charge in [0.15, 0.2) is 0 Å². The van der Waals surface area contributed by atoms with Gasteiger partial charge in [0.25, 0.3) is 5.56 Å². The number of ether oxygens (including phenoxy) is 1. The summed E-state index contributed by atoms with van der Waals surface area (Å²) in [4.78, 5) is 17.3. The van der Waals surface area contributed by atoms with Crippen LogP contribution in [0.1, 0.15) is 5.82 Å². The Hall–Kier alpha value is -2.04. The van der Waals surface area contributed by atoms with Gasteiger partial charge in [-0.15, -0.1) is 11.6 Å². The van der Waals surface area contributed by atoms with Crippen LogP contribution in [0.3, 0.4) is 0 Å². The van der Waals surface area contributed by atoms with Crippen LogP contribution in [0.5, 0.6) is 5.75 Å². The van der Waals surface area contributed by atoms with Gasteiger partial charge in [-0.25, -0.2) is 4.98 Å². The van der Waals surface area contributed by atoms with Gasteiger partial charge in [-0.2, -0.15) is 0 Å². The van der Waals surface area contributed by atoms with Crippen LogP contribution in [0.2, 0.25) is 5.02 Å². The Kier molecular flexibility index (Phi) is 4.05. The largest absolute Gasteiger partial charge is 0.497 e. The monoisotopic (exact) mass is 334 g/mol. The first-order valence-electron chi connectivity index (χ1n) is 6.56. The highest BCUT2D eigenvalue weighted by Gasteiger charge is 2.14. The molecule has 0 amide bonds. The number of fused-ring (bicyclic) bond motifs is 1. The fourth-order valence-electron chi connectivity index (χ4n) is 2.34. The predicted octanol–water partition coefficient (Wildman–Crippen LogP) is 3.79. The zero-order valence-electron chi connectivity index (χ0n) is 11.7. The molecule has 3 aromatic rings. The number of alkyl halides is 1. The van der Waals surface area contributed by atoms with Crippen molar-refractivity contribution in [1.29, 1.82) is 0 Å². The molecule has 0 aliphatic carbocycles. The summed E-state index contributed by atoms with van der Waals surface area (Å²) in [6.45, 7) is 0. The molecule has 0 bridgehead atoms. The first kappa shape index (κ1) is 14.9. The van der Waals surface area contributed by atoms with Crippen molar-refractivity contribution in [1.82, 2.24) is 9.55 Å². The number of benzene rings is 2. The third-order valence-corrected chi connectivity index (χ3v) is 3.90. The van der Waals surface area contributed by atoms with Crippen LogP contribution in [-0.2, 0) is 5.88 Å². The van der Waals surface area contributed by atoms with E-state index in [1.54, 1.807) is 49.6 Å². The third-order valence-electron chi connectivity index (χ3n) is 3.35. The van der Waals surface area contributed by atoms with Crippen molar-refractivity contribution in [3.63, 3.8) is 0 Å². The highest BCUT2D eigenvalue weighted by atomic mass is 35.5. The second kappa shape index (κ2) is 5.99. The van der Waals surface area contributed by atoms with Gasteiger partial charge in [0.05, 0.1) is 34.6 Å². The molecule has 3 rings (SSSR count). The Bertz CT molecular complexity index is 906. The summed E-state index contributed by atoms with van der Waals surface area (Å²) in [5, 5.41) is 0.744. The fraction of sp³-hybridized carbons (Fsp3) is 0.125. The number of hydrogen-bond acceptors (Lipinski definition) is 3. The Labute approximate surface area is 136 Å². The smallest absolute Gasteiger partial charge is 0.267 e. The van der Waals surface area contributed by atoms with Crippen LogP contribution in [-0.4, -0.2) is 16.7 Å². The average molecular weight is 335 g/mol. The summed E-state index contributed by atoms with van der Waals surface area (Å²) in [5.74, 6) is 1.20. The van der Waals surface area contributed by atoms with Gasteiger partial charge in [0.1, 0.15) is 11.6 Å². The predicted molar refractivity (Wildman–Crippen MR) is 88.5 cm³/mol. The molecule has 0 atom stereocenters. The molecule has 1 heterocycles. The minimum absolute atomic E-state index is 0.106. The molecule has 0 saturated heterocycles. The maximum absolute atomic E-state index is 12.9. The lowest BCUT2D eigenvalue weighted by atomic mass is 10.2. The first-order chi connectivity index (χ1) is 10.7. The van der Waals surface area contributed by atoms with E-state index >= 15 is 0 Å². The highest BCUT2D eigenvalue weighted by molar-refractivity contribution is 6.35. The summed E-state index contributed by atoms with van der Waals surface area (Å²) < 4.78 is 6.67. The zero-order chi connectivity index (χ0) is 15.7. The standard InChI is InChI=1S/C16H12Cl2N2O2/c1-22-11-5-2-4-10(8-11)20-14(9-17)19-13-7-3-6-12(18)15(13)16(20)21/h2-8H,9H2,1H3. The molecule has 0 N–H and O–H groups in total. The highest BCUT2D eigenvalue weighted by Crippen LogP contribution is 2.22. The zero-order valence-corrected chi connectivity index (χ0v) is 13.2. The van der Waals surface area contributed by atoms with Crippen LogP contribution in [0.25, 0.3) is 16.6 Å². The van der Waals surface area contributed by atoms with Gasteiger partial charge in [-0.3, -0.25) is 9.36 Å². The van der Waals surface area contributed by atoms with Gasteiger partial charge in [0.2, 0.25) is 0 Å². The quantitative estimate of drug-likeness (QED) is 0.684. The van der Waals surface area contributed by atoms with E-state index in [0.29, 0.717) is 33.2 Å². The molecule has 0 saturated carbocycles. The van der Waals surface area contributed by atoms with E-state index in [1.165, 1.54) is 4.57 Å². The lowest BCUT2D eigenvalue weighted by Crippen LogP contribution is -2.23. The summed E-state index contributed by atoms with van der Waals surface area (Å²) in [5.41, 5.74) is 0.918. The minimum atomic E-state index is -0.250. The number of aromatic nitrogens is 2. The Balaban J connectivity index is 2.39. The van der Waals surface area contributed by atoms with Gasteiger partial charge < -0.3 is 4.74 Å². The first-order valence-corrected chi connectivity index (χ1v) is 7.47. The second-order valence-corrected chi connectivity index (χ2v) is 5.31. The molecule has 0 aliphatic rings. The number of hydrogen-bond donors (Lipinski definition) is 0. The van der Waals surface area contributed by atoms with E-state index in [1.807, 2.05) is 0 Å². The van der Waals surface area contributed by atoms with Crippen molar-refractivity contribution in [3.05, 3.63) is 63.7 Å². The van der Waals surface area contributed by atoms with Crippen LogP contribution >= 0.6 is 23.2 Å². The molecule has 4 nitrogen and oxygen atoms in total. The van der Waals surface area contributed by atoms with Crippen molar-refractivity contribution < 1.29 is 4.74 Å². The van der Waals surface area contributed by atoms with Crippen molar-refractivity contribution >= 4 is 34.1 Å². The summed E-state index contributed by atoms with van der Waals surface area (Å²) in [7, 11) is 1.57. The van der Waals surface area contributed by atoms with Crippen molar-refractivity contribution in [2.75, 3.05) is 7.11 Å². The van der Waals surface area contributed by atoms with Gasteiger partial charge in [0, 0.05) is 6.07 Å². The molecule has 0 fully saturated rings. The molecular weight excluding hydrogens is 323 g/mol. The van der Waals surface area contributed by atoms with Gasteiger partial charge in [-0.05, 0) is 24.3 Å². The SMILES string of the molecule is COc1cccc(-n2c(CCl)nc3cccc(Cl)c3c2=O)c1. The van der Waals surface area contributed by atoms with Crippen molar-refractivity contribution in [3.8, 4) is 11.4 Å². The molecule has 2 aromatic carbocycles. The van der Waals surface area contributed by atoms with E-state index < -0.39 is 0 Å². The second-order valence-electron chi connectivity index (χ2n) is 4.64. The third kappa shape index (κ3) is 2.45. The lowest BCUT2D eigenvalue weighted by Gasteiger charge is -2.13. The normalized spacial score (nSPS) is 10.9. The van der Waals surface area contributed by atoms with Crippen LogP contribution in [0, 0.1) is 0 Å². The van der Waals surface area contributed by atoms with E-state index in [2.05, 4.69) is 4.98 Å².